The Bertz CT molecular complexity index is 996. The zero-order chi connectivity index (χ0) is 23.4. The summed E-state index contributed by atoms with van der Waals surface area (Å²) in [4.78, 5) is 31.5. The van der Waals surface area contributed by atoms with Crippen molar-refractivity contribution in [3.63, 3.8) is 0 Å². The van der Waals surface area contributed by atoms with E-state index in [1.165, 1.54) is 29.2 Å². The minimum absolute atomic E-state index is 0.0240. The lowest BCUT2D eigenvalue weighted by atomic mass is 9.95. The van der Waals surface area contributed by atoms with Crippen molar-refractivity contribution in [1.29, 1.82) is 0 Å². The summed E-state index contributed by atoms with van der Waals surface area (Å²) in [6.07, 6.45) is 0. The topological polar surface area (TPSA) is 64.1 Å². The molecule has 0 bridgehead atoms. The van der Waals surface area contributed by atoms with Gasteiger partial charge in [-0.05, 0) is 69.9 Å². The zero-order valence-corrected chi connectivity index (χ0v) is 19.0. The maximum atomic E-state index is 13.4. The van der Waals surface area contributed by atoms with Gasteiger partial charge >= 0.3 is 0 Å². The summed E-state index contributed by atoms with van der Waals surface area (Å²) in [6.45, 7) is 6.79. The predicted molar refractivity (Wildman–Crippen MR) is 124 cm³/mol. The highest BCUT2D eigenvalue weighted by molar-refractivity contribution is 6.46. The highest BCUT2D eigenvalue weighted by Crippen LogP contribution is 2.39. The van der Waals surface area contributed by atoms with Gasteiger partial charge in [0.2, 0.25) is 0 Å². The van der Waals surface area contributed by atoms with Crippen LogP contribution in [0.1, 0.15) is 31.0 Å². The van der Waals surface area contributed by atoms with E-state index in [9.17, 15) is 19.1 Å². The Balaban J connectivity index is 2.10. The summed E-state index contributed by atoms with van der Waals surface area (Å²) in [5.74, 6) is -2.12. The molecule has 2 aromatic rings. The molecular weight excluding hydrogens is 409 g/mol. The lowest BCUT2D eigenvalue weighted by molar-refractivity contribution is -0.140. The van der Waals surface area contributed by atoms with Crippen LogP contribution in [0.15, 0.2) is 54.1 Å². The number of hydrogen-bond donors (Lipinski definition) is 1. The van der Waals surface area contributed by atoms with Crippen LogP contribution in [0.5, 0.6) is 0 Å². The average Bonchev–Trinajstić information content (AvgIpc) is 3.03. The number of rotatable bonds is 8. The lowest BCUT2D eigenvalue weighted by Crippen LogP contribution is -2.35. The van der Waals surface area contributed by atoms with Gasteiger partial charge in [0.25, 0.3) is 11.7 Å². The molecule has 6 nitrogen and oxygen atoms in total. The number of amides is 1. The van der Waals surface area contributed by atoms with E-state index in [2.05, 4.69) is 18.7 Å². The van der Waals surface area contributed by atoms with Gasteiger partial charge in [0.15, 0.2) is 0 Å². The number of ketones is 1. The van der Waals surface area contributed by atoms with E-state index >= 15 is 0 Å². The number of aliphatic hydroxyl groups is 1. The molecule has 0 aliphatic carbocycles. The number of likely N-dealkylation sites (tertiary alicyclic amines) is 1. The molecule has 7 heteroatoms. The molecule has 1 unspecified atom stereocenters. The number of carbonyl (C=O) groups is 2. The van der Waals surface area contributed by atoms with Crippen molar-refractivity contribution in [3.05, 3.63) is 71.0 Å². The van der Waals surface area contributed by atoms with E-state index in [1.54, 1.807) is 0 Å². The van der Waals surface area contributed by atoms with Gasteiger partial charge < -0.3 is 19.8 Å². The van der Waals surface area contributed by atoms with E-state index in [-0.39, 0.29) is 11.3 Å². The molecule has 0 saturated carbocycles. The van der Waals surface area contributed by atoms with Crippen LogP contribution in [0.4, 0.5) is 10.1 Å². The van der Waals surface area contributed by atoms with E-state index in [1.807, 2.05) is 43.3 Å². The number of nitrogens with zero attached hydrogens (tertiary/aromatic N) is 3. The number of Topliss-reactive ketones (excluding diaryl/α,β-unsaturated/α-hetero) is 1. The van der Waals surface area contributed by atoms with Gasteiger partial charge in [-0.2, -0.15) is 0 Å². The minimum atomic E-state index is -0.733. The molecule has 1 fully saturated rings. The summed E-state index contributed by atoms with van der Waals surface area (Å²) in [7, 11) is 3.78. The maximum Gasteiger partial charge on any atom is 0.295 e. The molecule has 0 spiro atoms. The van der Waals surface area contributed by atoms with Crippen molar-refractivity contribution in [2.75, 3.05) is 45.2 Å². The number of hydrogen-bond acceptors (Lipinski definition) is 5. The van der Waals surface area contributed by atoms with Gasteiger partial charge in [-0.15, -0.1) is 0 Å². The van der Waals surface area contributed by atoms with Crippen LogP contribution in [0.3, 0.4) is 0 Å². The Kier molecular flexibility index (Phi) is 7.30. The second-order valence-corrected chi connectivity index (χ2v) is 8.07. The first-order valence-corrected chi connectivity index (χ1v) is 10.8. The molecule has 1 heterocycles. The van der Waals surface area contributed by atoms with Crippen molar-refractivity contribution in [3.8, 4) is 0 Å². The van der Waals surface area contributed by atoms with Crippen LogP contribution in [0.2, 0.25) is 0 Å². The molecule has 0 radical (unpaired) electrons. The first kappa shape index (κ1) is 23.5. The van der Waals surface area contributed by atoms with Gasteiger partial charge in [-0.25, -0.2) is 4.39 Å². The first-order chi connectivity index (χ1) is 15.3. The normalized spacial score (nSPS) is 17.9. The van der Waals surface area contributed by atoms with Crippen molar-refractivity contribution in [2.45, 2.75) is 19.9 Å². The fourth-order valence-corrected chi connectivity index (χ4v) is 3.98. The Morgan fingerprint density at radius 1 is 1.00 bits per heavy atom. The summed E-state index contributed by atoms with van der Waals surface area (Å²) in [6, 6.07) is 12.2. The standard InChI is InChI=1S/C25H30FN3O3/c1-5-28(6-2)20-13-9-17(10-14-20)22-21(23(30)18-7-11-19(26)12-8-18)24(31)25(32)29(22)16-15-27(3)4/h7-14,22,30H,5-6,15-16H2,1-4H3. The number of aliphatic hydroxyl groups excluding tert-OH is 1. The first-order valence-electron chi connectivity index (χ1n) is 10.8. The predicted octanol–water partition coefficient (Wildman–Crippen LogP) is 3.66. The fourth-order valence-electron chi connectivity index (χ4n) is 3.98. The molecule has 1 aliphatic rings. The maximum absolute atomic E-state index is 13.4. The molecular formula is C25H30FN3O3. The molecule has 170 valence electrons. The molecule has 1 atom stereocenters. The van der Waals surface area contributed by atoms with Crippen LogP contribution >= 0.6 is 0 Å². The molecule has 3 rings (SSSR count). The van der Waals surface area contributed by atoms with Crippen molar-refractivity contribution < 1.29 is 19.1 Å². The van der Waals surface area contributed by atoms with Crippen molar-refractivity contribution in [1.82, 2.24) is 9.80 Å². The summed E-state index contributed by atoms with van der Waals surface area (Å²) < 4.78 is 13.4. The number of halogens is 1. The summed E-state index contributed by atoms with van der Waals surface area (Å²) >= 11 is 0. The lowest BCUT2D eigenvalue weighted by Gasteiger charge is -2.27. The Morgan fingerprint density at radius 3 is 2.12 bits per heavy atom. The van der Waals surface area contributed by atoms with Crippen molar-refractivity contribution >= 4 is 23.1 Å². The van der Waals surface area contributed by atoms with Crippen LogP contribution in [0.25, 0.3) is 5.76 Å². The second-order valence-electron chi connectivity index (χ2n) is 8.07. The minimum Gasteiger partial charge on any atom is -0.507 e. The van der Waals surface area contributed by atoms with E-state index in [0.717, 1.165) is 24.3 Å². The SMILES string of the molecule is CCN(CC)c1ccc(C2C(=C(O)c3ccc(F)cc3)C(=O)C(=O)N2CCN(C)C)cc1. The summed E-state index contributed by atoms with van der Waals surface area (Å²) in [5.41, 5.74) is 2.10. The molecule has 0 aromatic heterocycles. The highest BCUT2D eigenvalue weighted by Gasteiger charge is 2.45. The van der Waals surface area contributed by atoms with E-state index in [0.29, 0.717) is 18.7 Å². The van der Waals surface area contributed by atoms with Gasteiger partial charge in [0, 0.05) is 37.4 Å². The quantitative estimate of drug-likeness (QED) is 0.386. The monoisotopic (exact) mass is 439 g/mol. The fraction of sp³-hybridized carbons (Fsp3) is 0.360. The third-order valence-electron chi connectivity index (χ3n) is 5.78. The van der Waals surface area contributed by atoms with Crippen LogP contribution < -0.4 is 4.90 Å². The molecule has 32 heavy (non-hydrogen) atoms. The van der Waals surface area contributed by atoms with Crippen LogP contribution in [0, 0.1) is 5.82 Å². The zero-order valence-electron chi connectivity index (χ0n) is 19.0. The van der Waals surface area contributed by atoms with Gasteiger partial charge in [0.1, 0.15) is 11.6 Å². The van der Waals surface area contributed by atoms with Crippen LogP contribution in [-0.2, 0) is 9.59 Å². The number of likely N-dealkylation sites (N-methyl/N-ethyl adjacent to an activating group) is 1. The number of benzene rings is 2. The Labute approximate surface area is 188 Å². The van der Waals surface area contributed by atoms with Crippen molar-refractivity contribution in [2.24, 2.45) is 0 Å². The largest absolute Gasteiger partial charge is 0.507 e. The van der Waals surface area contributed by atoms with Crippen LogP contribution in [-0.4, -0.2) is 66.9 Å². The third kappa shape index (κ3) is 4.67. The number of anilines is 1. The second kappa shape index (κ2) is 9.96. The summed E-state index contributed by atoms with van der Waals surface area (Å²) in [5, 5.41) is 11.0. The molecule has 1 aliphatic heterocycles. The van der Waals surface area contributed by atoms with Gasteiger partial charge in [-0.1, -0.05) is 12.1 Å². The van der Waals surface area contributed by atoms with E-state index < -0.39 is 23.5 Å². The molecule has 1 saturated heterocycles. The molecule has 2 aromatic carbocycles. The van der Waals surface area contributed by atoms with E-state index in [4.69, 9.17) is 0 Å². The smallest absolute Gasteiger partial charge is 0.295 e. The average molecular weight is 440 g/mol. The van der Waals surface area contributed by atoms with Gasteiger partial charge in [0.05, 0.1) is 11.6 Å². The third-order valence-corrected chi connectivity index (χ3v) is 5.78. The Hall–Kier alpha value is -3.19. The van der Waals surface area contributed by atoms with Gasteiger partial charge in [-0.3, -0.25) is 9.59 Å². The molecule has 1 N–H and O–H groups in total. The Morgan fingerprint density at radius 2 is 1.59 bits per heavy atom. The highest BCUT2D eigenvalue weighted by atomic mass is 19.1. The molecule has 1 amide bonds. The number of carbonyl (C=O) groups excluding carboxylic acids is 2.